The fraction of sp³-hybridized carbons (Fsp3) is 0.0625. The fourth-order valence-electron chi connectivity index (χ4n) is 2.29. The summed E-state index contributed by atoms with van der Waals surface area (Å²) in [5.74, 6) is 1.72. The molecule has 2 aromatic heterocycles. The number of benzene rings is 1. The van der Waals surface area contributed by atoms with E-state index < -0.39 is 0 Å². The summed E-state index contributed by atoms with van der Waals surface area (Å²) in [6.45, 7) is 0. The lowest BCUT2D eigenvalue weighted by molar-refractivity contribution is 0.518. The number of hydrogen-bond acceptors (Lipinski definition) is 4. The van der Waals surface area contributed by atoms with Crippen LogP contribution in [0.4, 0.5) is 5.69 Å². The van der Waals surface area contributed by atoms with Gasteiger partial charge < -0.3 is 8.83 Å². The van der Waals surface area contributed by atoms with E-state index in [4.69, 9.17) is 13.8 Å². The van der Waals surface area contributed by atoms with Gasteiger partial charge >= 0.3 is 0 Å². The molecular weight excluding hydrogens is 270 g/mol. The molecule has 4 rings (SSSR count). The molecule has 0 aliphatic carbocycles. The van der Waals surface area contributed by atoms with E-state index in [2.05, 4.69) is 6.07 Å². The molecule has 4 heteroatoms. The van der Waals surface area contributed by atoms with Gasteiger partial charge in [-0.15, -0.1) is 0 Å². The van der Waals surface area contributed by atoms with Gasteiger partial charge in [0.2, 0.25) is 0 Å². The summed E-state index contributed by atoms with van der Waals surface area (Å²) in [6, 6.07) is 15.9. The maximum absolute atomic E-state index is 5.59. The quantitative estimate of drug-likeness (QED) is 0.678. The molecule has 98 valence electrons. The average molecular weight is 281 g/mol. The van der Waals surface area contributed by atoms with E-state index >= 15 is 0 Å². The summed E-state index contributed by atoms with van der Waals surface area (Å²) >= 11 is 1.65. The molecule has 3 heterocycles. The Labute approximate surface area is 120 Å². The summed E-state index contributed by atoms with van der Waals surface area (Å²) < 4.78 is 11.1. The fourth-order valence-corrected chi connectivity index (χ4v) is 3.47. The molecule has 1 atom stereocenters. The zero-order chi connectivity index (χ0) is 13.4. The lowest BCUT2D eigenvalue weighted by Gasteiger charge is -2.21. The largest absolute Gasteiger partial charge is 0.468 e. The molecule has 0 radical (unpaired) electrons. The third-order valence-electron chi connectivity index (χ3n) is 3.20. The average Bonchev–Trinajstić information content (AvgIpc) is 3.19. The zero-order valence-electron chi connectivity index (χ0n) is 10.5. The Kier molecular flexibility index (Phi) is 2.74. The van der Waals surface area contributed by atoms with Crippen molar-refractivity contribution >= 4 is 22.5 Å². The summed E-state index contributed by atoms with van der Waals surface area (Å²) in [6.07, 6.45) is 3.37. The summed E-state index contributed by atoms with van der Waals surface area (Å²) in [5.41, 5.74) is 2.14. The first-order valence-corrected chi connectivity index (χ1v) is 7.21. The van der Waals surface area contributed by atoms with Crippen molar-refractivity contribution in [3.05, 3.63) is 78.1 Å². The minimum atomic E-state index is 0.110. The Hall–Kier alpha value is -2.20. The predicted molar refractivity (Wildman–Crippen MR) is 79.5 cm³/mol. The van der Waals surface area contributed by atoms with Crippen molar-refractivity contribution in [3.8, 4) is 0 Å². The number of hydrogen-bond donors (Lipinski definition) is 0. The minimum Gasteiger partial charge on any atom is -0.468 e. The van der Waals surface area contributed by atoms with Crippen LogP contribution in [0.1, 0.15) is 22.3 Å². The molecule has 1 aromatic carbocycles. The number of nitrogens with zero attached hydrogens (tertiary/aromatic N) is 1. The van der Waals surface area contributed by atoms with Gasteiger partial charge in [0.05, 0.1) is 23.5 Å². The van der Waals surface area contributed by atoms with Crippen LogP contribution in [-0.2, 0) is 0 Å². The lowest BCUT2D eigenvalue weighted by Crippen LogP contribution is -2.07. The van der Waals surface area contributed by atoms with Gasteiger partial charge in [-0.25, -0.2) is 4.99 Å². The number of aliphatic imine (C=N–C) groups is 1. The smallest absolute Gasteiger partial charge is 0.158 e. The van der Waals surface area contributed by atoms with Crippen LogP contribution in [0.15, 0.2) is 74.9 Å². The van der Waals surface area contributed by atoms with Crippen LogP contribution in [0, 0.1) is 0 Å². The topological polar surface area (TPSA) is 38.6 Å². The molecule has 1 unspecified atom stereocenters. The summed E-state index contributed by atoms with van der Waals surface area (Å²) in [7, 11) is 0. The minimum absolute atomic E-state index is 0.110. The predicted octanol–water partition coefficient (Wildman–Crippen LogP) is 4.79. The van der Waals surface area contributed by atoms with Crippen molar-refractivity contribution in [1.29, 1.82) is 0 Å². The maximum atomic E-state index is 5.59. The summed E-state index contributed by atoms with van der Waals surface area (Å²) in [5, 5.41) is 0.994. The van der Waals surface area contributed by atoms with E-state index in [1.165, 1.54) is 5.56 Å². The molecule has 0 spiro atoms. The number of para-hydroxylation sites is 1. The number of fused-ring (bicyclic) bond motifs is 1. The number of furan rings is 2. The second-order valence-corrected chi connectivity index (χ2v) is 5.56. The van der Waals surface area contributed by atoms with Crippen LogP contribution in [-0.4, -0.2) is 5.04 Å². The highest BCUT2D eigenvalue weighted by atomic mass is 32.2. The summed E-state index contributed by atoms with van der Waals surface area (Å²) in [4.78, 5) is 4.69. The molecular formula is C16H11NO2S. The van der Waals surface area contributed by atoms with Crippen molar-refractivity contribution in [2.24, 2.45) is 4.99 Å². The van der Waals surface area contributed by atoms with Crippen LogP contribution < -0.4 is 0 Å². The highest BCUT2D eigenvalue weighted by Crippen LogP contribution is 2.46. The van der Waals surface area contributed by atoms with Gasteiger partial charge in [-0.1, -0.05) is 30.0 Å². The molecule has 0 amide bonds. The van der Waals surface area contributed by atoms with Gasteiger partial charge in [0.25, 0.3) is 0 Å². The Morgan fingerprint density at radius 2 is 1.75 bits per heavy atom. The van der Waals surface area contributed by atoms with Gasteiger partial charge in [0.15, 0.2) is 5.76 Å². The first-order chi connectivity index (χ1) is 9.92. The Morgan fingerprint density at radius 1 is 0.900 bits per heavy atom. The Morgan fingerprint density at radius 3 is 2.55 bits per heavy atom. The Balaban J connectivity index is 1.85. The molecule has 20 heavy (non-hydrogen) atoms. The second kappa shape index (κ2) is 4.72. The second-order valence-electron chi connectivity index (χ2n) is 4.47. The third kappa shape index (κ3) is 1.89. The van der Waals surface area contributed by atoms with Crippen molar-refractivity contribution in [1.82, 2.24) is 0 Å². The van der Waals surface area contributed by atoms with Gasteiger partial charge in [-0.05, 0) is 35.9 Å². The number of rotatable bonds is 2. The van der Waals surface area contributed by atoms with E-state index in [0.29, 0.717) is 0 Å². The van der Waals surface area contributed by atoms with E-state index in [1.807, 2.05) is 42.5 Å². The SMILES string of the molecule is c1coc(C2=Nc3ccccc3C(c3ccco3)S2)c1. The first kappa shape index (κ1) is 11.6. The van der Waals surface area contributed by atoms with Crippen molar-refractivity contribution in [3.63, 3.8) is 0 Å². The van der Waals surface area contributed by atoms with E-state index in [-0.39, 0.29) is 5.25 Å². The number of thioether (sulfide) groups is 1. The highest BCUT2D eigenvalue weighted by molar-refractivity contribution is 8.14. The zero-order valence-corrected chi connectivity index (χ0v) is 11.3. The molecule has 1 aliphatic heterocycles. The molecule has 0 fully saturated rings. The Bertz CT molecular complexity index is 745. The van der Waals surface area contributed by atoms with Crippen LogP contribution in [0.3, 0.4) is 0 Å². The lowest BCUT2D eigenvalue weighted by atomic mass is 10.1. The molecule has 0 N–H and O–H groups in total. The van der Waals surface area contributed by atoms with Gasteiger partial charge in [-0.3, -0.25) is 0 Å². The molecule has 0 saturated carbocycles. The van der Waals surface area contributed by atoms with Crippen molar-refractivity contribution in [2.75, 3.05) is 0 Å². The third-order valence-corrected chi connectivity index (χ3v) is 4.44. The van der Waals surface area contributed by atoms with Crippen molar-refractivity contribution < 1.29 is 8.83 Å². The molecule has 3 aromatic rings. The monoisotopic (exact) mass is 281 g/mol. The van der Waals surface area contributed by atoms with Crippen LogP contribution in [0.25, 0.3) is 0 Å². The van der Waals surface area contributed by atoms with E-state index in [0.717, 1.165) is 22.3 Å². The van der Waals surface area contributed by atoms with Crippen LogP contribution >= 0.6 is 11.8 Å². The molecule has 1 aliphatic rings. The van der Waals surface area contributed by atoms with Crippen LogP contribution in [0.5, 0.6) is 0 Å². The normalized spacial score (nSPS) is 17.6. The standard InChI is InChI=1S/C16H11NO2S/c1-2-6-12-11(5-1)15(13-7-3-9-18-13)20-16(17-12)14-8-4-10-19-14/h1-10,15H. The molecule has 0 bridgehead atoms. The van der Waals surface area contributed by atoms with Crippen LogP contribution in [0.2, 0.25) is 0 Å². The molecule has 0 saturated heterocycles. The van der Waals surface area contributed by atoms with E-state index in [1.54, 1.807) is 24.3 Å². The van der Waals surface area contributed by atoms with E-state index in [9.17, 15) is 0 Å². The maximum Gasteiger partial charge on any atom is 0.158 e. The molecule has 3 nitrogen and oxygen atoms in total. The highest BCUT2D eigenvalue weighted by Gasteiger charge is 2.28. The van der Waals surface area contributed by atoms with Gasteiger partial charge in [-0.2, -0.15) is 0 Å². The first-order valence-electron chi connectivity index (χ1n) is 6.33. The van der Waals surface area contributed by atoms with Gasteiger partial charge in [0.1, 0.15) is 10.8 Å². The van der Waals surface area contributed by atoms with Crippen molar-refractivity contribution in [2.45, 2.75) is 5.25 Å². The van der Waals surface area contributed by atoms with Gasteiger partial charge in [0, 0.05) is 0 Å².